The van der Waals surface area contributed by atoms with Crippen molar-refractivity contribution in [3.05, 3.63) is 0 Å². The predicted octanol–water partition coefficient (Wildman–Crippen LogP) is 4.76. The van der Waals surface area contributed by atoms with Gasteiger partial charge >= 0.3 is 5.97 Å². The number of hydrogen-bond donors (Lipinski definition) is 1. The fourth-order valence-corrected chi connectivity index (χ4v) is 4.98. The monoisotopic (exact) mass is 441 g/mol. The maximum atomic E-state index is 12.4. The van der Waals surface area contributed by atoms with E-state index in [4.69, 9.17) is 9.16 Å². The molecule has 0 bridgehead atoms. The molecule has 0 aromatic rings. The van der Waals surface area contributed by atoms with Crippen LogP contribution in [-0.2, 0) is 23.5 Å². The minimum absolute atomic E-state index is 0.0454. The van der Waals surface area contributed by atoms with E-state index in [2.05, 4.69) is 46.1 Å². The Balaban J connectivity index is 2.47. The first kappa shape index (κ1) is 26.8. The van der Waals surface area contributed by atoms with Gasteiger partial charge in [0.1, 0.15) is 12.2 Å². The second-order valence-electron chi connectivity index (χ2n) is 10.3. The average Bonchev–Trinajstić information content (AvgIpc) is 2.56. The number of carbonyl (C=O) groups is 3. The second kappa shape index (κ2) is 11.4. The summed E-state index contributed by atoms with van der Waals surface area (Å²) >= 11 is 0. The van der Waals surface area contributed by atoms with Gasteiger partial charge in [-0.2, -0.15) is 0 Å². The standard InChI is InChI=1S/C23H43NO5Si/c1-9-10-11-12-13-16(2)28-20(26)15-18(25)14-19-21(22(27)24-19)17(3)29-30(7,8)23(4,5)6/h16-17,19,21H,9-15H2,1-8H3,(H,24,27)/t16-,17-,19?,21-/m1/s1. The Morgan fingerprint density at radius 2 is 1.77 bits per heavy atom. The highest BCUT2D eigenvalue weighted by Crippen LogP contribution is 2.39. The molecular formula is C23H43NO5Si. The molecule has 1 N–H and O–H groups in total. The summed E-state index contributed by atoms with van der Waals surface area (Å²) in [5.41, 5.74) is 0. The van der Waals surface area contributed by atoms with Gasteiger partial charge in [-0.05, 0) is 44.8 Å². The predicted molar refractivity (Wildman–Crippen MR) is 122 cm³/mol. The normalized spacial score (nSPS) is 21.4. The first-order valence-corrected chi connectivity index (χ1v) is 14.4. The summed E-state index contributed by atoms with van der Waals surface area (Å²) in [6, 6.07) is -0.274. The smallest absolute Gasteiger partial charge is 0.313 e. The topological polar surface area (TPSA) is 81.7 Å². The molecule has 6 nitrogen and oxygen atoms in total. The van der Waals surface area contributed by atoms with E-state index < -0.39 is 14.3 Å². The highest BCUT2D eigenvalue weighted by atomic mass is 28.4. The molecule has 1 amide bonds. The molecule has 1 aliphatic heterocycles. The first-order chi connectivity index (χ1) is 13.8. The molecule has 0 aromatic heterocycles. The molecule has 1 heterocycles. The Morgan fingerprint density at radius 3 is 2.30 bits per heavy atom. The van der Waals surface area contributed by atoms with Crippen LogP contribution in [0.2, 0.25) is 18.1 Å². The summed E-state index contributed by atoms with van der Waals surface area (Å²) in [5.74, 6) is -1.11. The van der Waals surface area contributed by atoms with E-state index in [1.807, 2.05) is 13.8 Å². The van der Waals surface area contributed by atoms with Crippen molar-refractivity contribution < 1.29 is 23.5 Å². The number of β-lactam (4-membered cyclic amide) rings is 1. The van der Waals surface area contributed by atoms with Gasteiger partial charge in [0.2, 0.25) is 5.91 Å². The van der Waals surface area contributed by atoms with Gasteiger partial charge in [0.25, 0.3) is 0 Å². The molecule has 1 aliphatic rings. The van der Waals surface area contributed by atoms with Crippen LogP contribution >= 0.6 is 0 Å². The quantitative estimate of drug-likeness (QED) is 0.146. The molecule has 30 heavy (non-hydrogen) atoms. The van der Waals surface area contributed by atoms with Crippen LogP contribution < -0.4 is 5.32 Å². The third-order valence-corrected chi connectivity index (χ3v) is 11.0. The molecule has 0 spiro atoms. The lowest BCUT2D eigenvalue weighted by Gasteiger charge is -2.45. The van der Waals surface area contributed by atoms with Crippen LogP contribution in [0.15, 0.2) is 0 Å². The number of ether oxygens (including phenoxy) is 1. The van der Waals surface area contributed by atoms with E-state index in [0.29, 0.717) is 0 Å². The van der Waals surface area contributed by atoms with E-state index in [1.165, 1.54) is 12.8 Å². The van der Waals surface area contributed by atoms with Crippen LogP contribution in [0.4, 0.5) is 0 Å². The Kier molecular flexibility index (Phi) is 10.2. The Labute approximate surface area is 184 Å². The zero-order valence-electron chi connectivity index (χ0n) is 20.3. The summed E-state index contributed by atoms with van der Waals surface area (Å²) in [6.07, 6.45) is 4.81. The Bertz CT molecular complexity index is 599. The van der Waals surface area contributed by atoms with Crippen molar-refractivity contribution in [2.75, 3.05) is 0 Å². The van der Waals surface area contributed by atoms with Gasteiger partial charge in [0, 0.05) is 12.5 Å². The van der Waals surface area contributed by atoms with E-state index in [0.717, 1.165) is 19.3 Å². The number of carbonyl (C=O) groups excluding carboxylic acids is 3. The maximum absolute atomic E-state index is 12.4. The van der Waals surface area contributed by atoms with Gasteiger partial charge in [-0.25, -0.2) is 0 Å². The third-order valence-electron chi connectivity index (χ3n) is 6.44. The van der Waals surface area contributed by atoms with Gasteiger partial charge in [0.15, 0.2) is 8.32 Å². The number of nitrogens with one attached hydrogen (secondary N) is 1. The van der Waals surface area contributed by atoms with Crippen LogP contribution in [0, 0.1) is 5.92 Å². The fraction of sp³-hybridized carbons (Fsp3) is 0.870. The SMILES string of the molecule is CCCCCC[C@@H](C)OC(=O)CC(=O)CC1NC(=O)[C@@H]1[C@@H](C)O[Si](C)(C)C(C)(C)C. The number of ketones is 1. The molecule has 0 aromatic carbocycles. The highest BCUT2D eigenvalue weighted by Gasteiger charge is 2.47. The van der Waals surface area contributed by atoms with Crippen LogP contribution in [-0.4, -0.2) is 44.2 Å². The lowest BCUT2D eigenvalue weighted by Crippen LogP contribution is -2.64. The van der Waals surface area contributed by atoms with Crippen LogP contribution in [0.5, 0.6) is 0 Å². The summed E-state index contributed by atoms with van der Waals surface area (Å²) in [7, 11) is -2.01. The maximum Gasteiger partial charge on any atom is 0.313 e. The lowest BCUT2D eigenvalue weighted by atomic mass is 9.83. The van der Waals surface area contributed by atoms with Gasteiger partial charge in [-0.1, -0.05) is 47.0 Å². The summed E-state index contributed by atoms with van der Waals surface area (Å²) in [6.45, 7) is 16.7. The van der Waals surface area contributed by atoms with Crippen molar-refractivity contribution in [2.24, 2.45) is 5.92 Å². The number of amides is 1. The van der Waals surface area contributed by atoms with Gasteiger partial charge in [-0.3, -0.25) is 14.4 Å². The van der Waals surface area contributed by atoms with Crippen molar-refractivity contribution >= 4 is 26.0 Å². The van der Waals surface area contributed by atoms with E-state index >= 15 is 0 Å². The molecule has 1 fully saturated rings. The fourth-order valence-electron chi connectivity index (χ4n) is 3.55. The minimum atomic E-state index is -2.01. The van der Waals surface area contributed by atoms with E-state index in [1.54, 1.807) is 0 Å². The molecule has 0 aliphatic carbocycles. The lowest BCUT2D eigenvalue weighted by molar-refractivity contribution is -0.150. The van der Waals surface area contributed by atoms with Gasteiger partial charge < -0.3 is 14.5 Å². The van der Waals surface area contributed by atoms with Crippen molar-refractivity contribution in [1.29, 1.82) is 0 Å². The molecule has 1 unspecified atom stereocenters. The van der Waals surface area contributed by atoms with Crippen molar-refractivity contribution in [3.8, 4) is 0 Å². The molecule has 0 saturated carbocycles. The summed E-state index contributed by atoms with van der Waals surface area (Å²) < 4.78 is 11.7. The average molecular weight is 442 g/mol. The van der Waals surface area contributed by atoms with E-state index in [9.17, 15) is 14.4 Å². The highest BCUT2D eigenvalue weighted by molar-refractivity contribution is 6.74. The van der Waals surface area contributed by atoms with E-state index in [-0.39, 0.29) is 53.7 Å². The number of unbranched alkanes of at least 4 members (excludes halogenated alkanes) is 3. The molecule has 7 heteroatoms. The molecule has 4 atom stereocenters. The number of esters is 1. The zero-order chi connectivity index (χ0) is 23.1. The van der Waals surface area contributed by atoms with Crippen molar-refractivity contribution in [3.63, 3.8) is 0 Å². The van der Waals surface area contributed by atoms with Crippen LogP contribution in [0.3, 0.4) is 0 Å². The number of Topliss-reactive ketones (excluding diaryl/α,β-unsaturated/α-hetero) is 1. The summed E-state index contributed by atoms with van der Waals surface area (Å²) in [5, 5.41) is 2.85. The largest absolute Gasteiger partial charge is 0.462 e. The Morgan fingerprint density at radius 1 is 1.13 bits per heavy atom. The molecular weight excluding hydrogens is 398 g/mol. The first-order valence-electron chi connectivity index (χ1n) is 11.5. The zero-order valence-corrected chi connectivity index (χ0v) is 21.3. The van der Waals surface area contributed by atoms with Gasteiger partial charge in [-0.15, -0.1) is 0 Å². The third kappa shape index (κ3) is 8.14. The van der Waals surface area contributed by atoms with Crippen molar-refractivity contribution in [2.45, 2.75) is 123 Å². The number of rotatable bonds is 13. The van der Waals surface area contributed by atoms with Crippen LogP contribution in [0.25, 0.3) is 0 Å². The molecule has 0 radical (unpaired) electrons. The molecule has 1 rings (SSSR count). The minimum Gasteiger partial charge on any atom is -0.462 e. The molecule has 1 saturated heterocycles. The Hall–Kier alpha value is -1.21. The van der Waals surface area contributed by atoms with Crippen molar-refractivity contribution in [1.82, 2.24) is 5.32 Å². The number of hydrogen-bond acceptors (Lipinski definition) is 5. The van der Waals surface area contributed by atoms with Crippen LogP contribution in [0.1, 0.15) is 86.5 Å². The summed E-state index contributed by atoms with van der Waals surface area (Å²) in [4.78, 5) is 36.6. The second-order valence-corrected chi connectivity index (χ2v) is 15.0. The molecule has 174 valence electrons. The van der Waals surface area contributed by atoms with Gasteiger partial charge in [0.05, 0.1) is 18.1 Å².